The molecule has 2 fully saturated rings. The maximum absolute atomic E-state index is 11.7. The SMILES string of the molecule is Cc1cc(=O)oc2cc(O[C@@H]3O[C@@H](CO)[C@@H](O[C@@H]4O[C@H](CO)[C@H](O)[C@@H](O)[C@H]4O)[C@@H](O)[C@H]3O)ccc12. The fourth-order valence-electron chi connectivity index (χ4n) is 4.17. The molecule has 0 radical (unpaired) electrons. The van der Waals surface area contributed by atoms with Gasteiger partial charge in [0.2, 0.25) is 6.29 Å². The van der Waals surface area contributed by atoms with Crippen LogP contribution in [-0.2, 0) is 14.2 Å². The molecule has 10 atom stereocenters. The summed E-state index contributed by atoms with van der Waals surface area (Å²) in [5.74, 6) is 0.146. The van der Waals surface area contributed by atoms with Gasteiger partial charge in [-0.25, -0.2) is 4.79 Å². The molecule has 1 aromatic carbocycles. The lowest BCUT2D eigenvalue weighted by Crippen LogP contribution is -2.65. The molecule has 2 saturated heterocycles. The third kappa shape index (κ3) is 5.06. The number of benzene rings is 1. The van der Waals surface area contributed by atoms with E-state index in [1.165, 1.54) is 12.1 Å². The fourth-order valence-corrected chi connectivity index (χ4v) is 4.17. The third-order valence-electron chi connectivity index (χ3n) is 6.14. The van der Waals surface area contributed by atoms with Crippen molar-refractivity contribution in [3.8, 4) is 5.75 Å². The highest BCUT2D eigenvalue weighted by molar-refractivity contribution is 5.81. The number of aliphatic hydroxyl groups is 7. The summed E-state index contributed by atoms with van der Waals surface area (Å²) in [6, 6.07) is 5.94. The standard InChI is InChI=1S/C22H28O13/c1-8-4-14(25)32-11-5-9(2-3-10(8)11)31-21-19(30)17(28)20(13(7-24)34-21)35-22-18(29)16(27)15(26)12(6-23)33-22/h2-5,12-13,15-24,26-30H,6-7H2,1H3/t12-,13+,15+,16-,17+,18-,19-,20-,21-,22+/m1/s1. The topological polar surface area (TPSA) is 209 Å². The van der Waals surface area contributed by atoms with E-state index in [0.717, 1.165) is 0 Å². The second-order valence-electron chi connectivity index (χ2n) is 8.53. The molecule has 0 unspecified atom stereocenters. The van der Waals surface area contributed by atoms with E-state index in [-0.39, 0.29) is 11.3 Å². The molecule has 0 amide bonds. The van der Waals surface area contributed by atoms with Crippen LogP contribution in [0.4, 0.5) is 0 Å². The molecule has 7 N–H and O–H groups in total. The molecule has 194 valence electrons. The number of hydrogen-bond donors (Lipinski definition) is 7. The van der Waals surface area contributed by atoms with Crippen molar-refractivity contribution in [3.05, 3.63) is 40.2 Å². The Balaban J connectivity index is 1.50. The van der Waals surface area contributed by atoms with Gasteiger partial charge in [0.25, 0.3) is 0 Å². The van der Waals surface area contributed by atoms with Crippen LogP contribution >= 0.6 is 0 Å². The molecule has 2 aliphatic rings. The third-order valence-corrected chi connectivity index (χ3v) is 6.14. The van der Waals surface area contributed by atoms with Crippen LogP contribution in [0.25, 0.3) is 11.0 Å². The summed E-state index contributed by atoms with van der Waals surface area (Å²) in [4.78, 5) is 11.7. The van der Waals surface area contributed by atoms with Gasteiger partial charge in [-0.3, -0.25) is 0 Å². The molecule has 35 heavy (non-hydrogen) atoms. The average molecular weight is 500 g/mol. The maximum Gasteiger partial charge on any atom is 0.336 e. The molecule has 0 saturated carbocycles. The molecular formula is C22H28O13. The van der Waals surface area contributed by atoms with Crippen molar-refractivity contribution in [2.45, 2.75) is 68.3 Å². The van der Waals surface area contributed by atoms with Crippen molar-refractivity contribution in [1.29, 1.82) is 0 Å². The summed E-state index contributed by atoms with van der Waals surface area (Å²) in [5.41, 5.74) is 0.381. The first kappa shape index (κ1) is 25.9. The Kier molecular flexibility index (Phi) is 7.73. The smallest absolute Gasteiger partial charge is 0.336 e. The minimum absolute atomic E-state index is 0.146. The van der Waals surface area contributed by atoms with Gasteiger partial charge in [-0.2, -0.15) is 0 Å². The Hall–Kier alpha value is -2.17. The summed E-state index contributed by atoms with van der Waals surface area (Å²) in [7, 11) is 0. The summed E-state index contributed by atoms with van der Waals surface area (Å²) in [6.07, 6.45) is -15.6. The molecule has 0 aliphatic carbocycles. The largest absolute Gasteiger partial charge is 0.462 e. The fraction of sp³-hybridized carbons (Fsp3) is 0.591. The van der Waals surface area contributed by atoms with Crippen molar-refractivity contribution in [2.75, 3.05) is 13.2 Å². The quantitative estimate of drug-likeness (QED) is 0.199. The van der Waals surface area contributed by atoms with Crippen molar-refractivity contribution in [1.82, 2.24) is 0 Å². The van der Waals surface area contributed by atoms with E-state index in [2.05, 4.69) is 0 Å². The van der Waals surface area contributed by atoms with Gasteiger partial charge >= 0.3 is 5.63 Å². The van der Waals surface area contributed by atoms with Crippen LogP contribution in [0.2, 0.25) is 0 Å². The molecule has 0 bridgehead atoms. The first-order valence-corrected chi connectivity index (χ1v) is 10.9. The van der Waals surface area contributed by atoms with Crippen molar-refractivity contribution in [3.63, 3.8) is 0 Å². The number of aryl methyl sites for hydroxylation is 1. The monoisotopic (exact) mass is 500 g/mol. The molecule has 2 aromatic rings. The minimum atomic E-state index is -1.76. The number of aliphatic hydroxyl groups excluding tert-OH is 7. The number of hydrogen-bond acceptors (Lipinski definition) is 13. The van der Waals surface area contributed by atoms with Gasteiger partial charge in [0.1, 0.15) is 60.2 Å². The normalized spacial score (nSPS) is 37.9. The van der Waals surface area contributed by atoms with E-state index in [9.17, 15) is 40.5 Å². The highest BCUT2D eigenvalue weighted by Crippen LogP contribution is 2.31. The van der Waals surface area contributed by atoms with Crippen LogP contribution in [0.1, 0.15) is 5.56 Å². The van der Waals surface area contributed by atoms with Crippen LogP contribution in [0.15, 0.2) is 33.5 Å². The minimum Gasteiger partial charge on any atom is -0.462 e. The molecular weight excluding hydrogens is 472 g/mol. The van der Waals surface area contributed by atoms with Gasteiger partial charge in [-0.05, 0) is 24.6 Å². The zero-order valence-corrected chi connectivity index (χ0v) is 18.6. The number of ether oxygens (including phenoxy) is 4. The van der Waals surface area contributed by atoms with E-state index in [0.29, 0.717) is 10.9 Å². The van der Waals surface area contributed by atoms with Gasteiger partial charge in [-0.1, -0.05) is 0 Å². The molecule has 4 rings (SSSR count). The van der Waals surface area contributed by atoms with Gasteiger partial charge in [0.05, 0.1) is 13.2 Å². The van der Waals surface area contributed by atoms with Crippen LogP contribution < -0.4 is 10.4 Å². The lowest BCUT2D eigenvalue weighted by atomic mass is 9.97. The molecule has 0 spiro atoms. The summed E-state index contributed by atoms with van der Waals surface area (Å²) >= 11 is 0. The van der Waals surface area contributed by atoms with Crippen LogP contribution in [-0.4, -0.2) is 110 Å². The maximum atomic E-state index is 11.7. The summed E-state index contributed by atoms with van der Waals surface area (Å²) in [6.45, 7) is 0.352. The van der Waals surface area contributed by atoms with E-state index in [1.54, 1.807) is 19.1 Å². The Morgan fingerprint density at radius 1 is 0.829 bits per heavy atom. The second kappa shape index (κ2) is 10.4. The lowest BCUT2D eigenvalue weighted by Gasteiger charge is -2.45. The van der Waals surface area contributed by atoms with Crippen LogP contribution in [0.5, 0.6) is 5.75 Å². The Bertz CT molecular complexity index is 1070. The highest BCUT2D eigenvalue weighted by Gasteiger charge is 2.51. The molecule has 3 heterocycles. The zero-order chi connectivity index (χ0) is 25.4. The van der Waals surface area contributed by atoms with Crippen molar-refractivity contribution < 1.29 is 59.1 Å². The zero-order valence-electron chi connectivity index (χ0n) is 18.6. The molecule has 2 aliphatic heterocycles. The van der Waals surface area contributed by atoms with Gasteiger partial charge in [0.15, 0.2) is 6.29 Å². The Labute approximate surface area is 198 Å². The molecule has 1 aromatic heterocycles. The van der Waals surface area contributed by atoms with E-state index in [4.69, 9.17) is 23.4 Å². The first-order valence-electron chi connectivity index (χ1n) is 10.9. The lowest BCUT2D eigenvalue weighted by molar-refractivity contribution is -0.352. The van der Waals surface area contributed by atoms with Crippen LogP contribution in [0, 0.1) is 6.92 Å². The second-order valence-corrected chi connectivity index (χ2v) is 8.53. The number of rotatable bonds is 6. The predicted octanol–water partition coefficient (Wildman–Crippen LogP) is -2.90. The van der Waals surface area contributed by atoms with Gasteiger partial charge < -0.3 is 59.1 Å². The first-order chi connectivity index (χ1) is 16.6. The summed E-state index contributed by atoms with van der Waals surface area (Å²) in [5, 5.41) is 71.1. The molecule has 13 nitrogen and oxygen atoms in total. The van der Waals surface area contributed by atoms with E-state index in [1.807, 2.05) is 0 Å². The van der Waals surface area contributed by atoms with Crippen LogP contribution in [0.3, 0.4) is 0 Å². The predicted molar refractivity (Wildman–Crippen MR) is 114 cm³/mol. The van der Waals surface area contributed by atoms with E-state index >= 15 is 0 Å². The average Bonchev–Trinajstić information content (AvgIpc) is 2.83. The van der Waals surface area contributed by atoms with Gasteiger partial charge in [-0.15, -0.1) is 0 Å². The van der Waals surface area contributed by atoms with Gasteiger partial charge in [0, 0.05) is 17.5 Å². The van der Waals surface area contributed by atoms with E-state index < -0.39 is 80.3 Å². The highest BCUT2D eigenvalue weighted by atomic mass is 16.7. The summed E-state index contributed by atoms with van der Waals surface area (Å²) < 4.78 is 27.1. The molecule has 13 heteroatoms. The van der Waals surface area contributed by atoms with Crippen molar-refractivity contribution in [2.24, 2.45) is 0 Å². The number of fused-ring (bicyclic) bond motifs is 1. The Morgan fingerprint density at radius 3 is 2.17 bits per heavy atom. The Morgan fingerprint density at radius 2 is 1.49 bits per heavy atom. The van der Waals surface area contributed by atoms with Crippen molar-refractivity contribution >= 4 is 11.0 Å².